The quantitative estimate of drug-likeness (QED) is 0.768. The van der Waals surface area contributed by atoms with Crippen molar-refractivity contribution in [1.82, 2.24) is 10.2 Å². The van der Waals surface area contributed by atoms with Crippen molar-refractivity contribution in [3.05, 3.63) is 34.9 Å². The van der Waals surface area contributed by atoms with Crippen LogP contribution >= 0.6 is 0 Å². The summed E-state index contributed by atoms with van der Waals surface area (Å²) in [5.74, 6) is 0.900. The van der Waals surface area contributed by atoms with Crippen LogP contribution < -0.4 is 5.32 Å². The zero-order valence-electron chi connectivity index (χ0n) is 11.9. The lowest BCUT2D eigenvalue weighted by molar-refractivity contribution is 0.0552. The van der Waals surface area contributed by atoms with Gasteiger partial charge in [-0.2, -0.15) is 0 Å². The number of piperidine rings is 2. The van der Waals surface area contributed by atoms with Crippen molar-refractivity contribution in [2.24, 2.45) is 5.92 Å². The molecular weight excluding hydrogens is 232 g/mol. The van der Waals surface area contributed by atoms with Gasteiger partial charge in [0.25, 0.3) is 0 Å². The topological polar surface area (TPSA) is 15.3 Å². The van der Waals surface area contributed by atoms with Gasteiger partial charge in [-0.15, -0.1) is 0 Å². The molecule has 1 aromatic carbocycles. The van der Waals surface area contributed by atoms with Crippen LogP contribution in [0, 0.1) is 12.8 Å². The Hall–Kier alpha value is -0.860. The highest BCUT2D eigenvalue weighted by molar-refractivity contribution is 5.36. The summed E-state index contributed by atoms with van der Waals surface area (Å²) in [5, 5.41) is 3.77. The number of aryl methyl sites for hydroxylation is 1. The van der Waals surface area contributed by atoms with Crippen molar-refractivity contribution < 1.29 is 0 Å². The molecule has 0 radical (unpaired) electrons. The Morgan fingerprint density at radius 2 is 2.26 bits per heavy atom. The van der Waals surface area contributed by atoms with Gasteiger partial charge in [-0.3, -0.25) is 4.90 Å². The first-order valence-corrected chi connectivity index (χ1v) is 7.88. The lowest BCUT2D eigenvalue weighted by atomic mass is 9.77. The van der Waals surface area contributed by atoms with E-state index in [2.05, 4.69) is 35.3 Å². The van der Waals surface area contributed by atoms with Crippen molar-refractivity contribution in [1.29, 1.82) is 0 Å². The van der Waals surface area contributed by atoms with E-state index in [1.807, 2.05) is 0 Å². The summed E-state index contributed by atoms with van der Waals surface area (Å²) in [6, 6.07) is 8.54. The van der Waals surface area contributed by atoms with Crippen LogP contribution in [0.4, 0.5) is 0 Å². The maximum Gasteiger partial charge on any atom is 0.0366 e. The van der Waals surface area contributed by atoms with E-state index in [0.29, 0.717) is 6.04 Å². The van der Waals surface area contributed by atoms with Crippen molar-refractivity contribution in [2.45, 2.75) is 44.7 Å². The molecule has 2 nitrogen and oxygen atoms in total. The maximum absolute atomic E-state index is 3.77. The summed E-state index contributed by atoms with van der Waals surface area (Å²) in [4.78, 5) is 2.76. The van der Waals surface area contributed by atoms with Gasteiger partial charge in [-0.05, 0) is 56.2 Å². The van der Waals surface area contributed by atoms with Gasteiger partial charge in [0, 0.05) is 25.2 Å². The molecule has 0 unspecified atom stereocenters. The molecule has 0 spiro atoms. The van der Waals surface area contributed by atoms with Crippen molar-refractivity contribution >= 4 is 0 Å². The summed E-state index contributed by atoms with van der Waals surface area (Å²) in [5.41, 5.74) is 4.63. The number of benzene rings is 1. The molecule has 2 fully saturated rings. The van der Waals surface area contributed by atoms with Crippen LogP contribution in [0.5, 0.6) is 0 Å². The second-order valence-electron chi connectivity index (χ2n) is 6.66. The second-order valence-corrected chi connectivity index (χ2v) is 6.66. The maximum atomic E-state index is 3.77. The summed E-state index contributed by atoms with van der Waals surface area (Å²) >= 11 is 0. The van der Waals surface area contributed by atoms with Crippen molar-refractivity contribution in [3.63, 3.8) is 0 Å². The van der Waals surface area contributed by atoms with E-state index in [1.54, 1.807) is 11.1 Å². The van der Waals surface area contributed by atoms with Crippen LogP contribution in [0.2, 0.25) is 0 Å². The molecule has 3 atom stereocenters. The minimum Gasteiger partial charge on any atom is -0.314 e. The molecule has 102 valence electrons. The monoisotopic (exact) mass is 256 g/mol. The third-order valence-electron chi connectivity index (χ3n) is 5.44. The van der Waals surface area contributed by atoms with E-state index < -0.39 is 0 Å². The standard InChI is InChI=1S/C17H24N2/c1-12-4-5-15-13(9-12)6-8-19-11-14-3-2-7-18-16(14)10-17(15)19/h4-5,9,14,16-18H,2-3,6-8,10-11H2,1H3/t14-,16+,17+/m1/s1. The van der Waals surface area contributed by atoms with Gasteiger partial charge in [0.15, 0.2) is 0 Å². The average Bonchev–Trinajstić information content (AvgIpc) is 2.44. The molecule has 1 aromatic rings. The number of hydrogen-bond donors (Lipinski definition) is 1. The Bertz CT molecular complexity index is 482. The molecule has 1 N–H and O–H groups in total. The van der Waals surface area contributed by atoms with E-state index in [0.717, 1.165) is 12.0 Å². The fourth-order valence-corrected chi connectivity index (χ4v) is 4.44. The van der Waals surface area contributed by atoms with Gasteiger partial charge in [-0.1, -0.05) is 23.8 Å². The normalized spacial score (nSPS) is 34.3. The first kappa shape index (κ1) is 11.9. The first-order valence-electron chi connectivity index (χ1n) is 7.88. The Kier molecular flexibility index (Phi) is 2.89. The zero-order chi connectivity index (χ0) is 12.8. The molecule has 3 aliphatic heterocycles. The Morgan fingerprint density at radius 3 is 3.21 bits per heavy atom. The van der Waals surface area contributed by atoms with E-state index in [-0.39, 0.29) is 0 Å². The molecule has 0 amide bonds. The van der Waals surface area contributed by atoms with Crippen LogP contribution in [-0.4, -0.2) is 30.6 Å². The van der Waals surface area contributed by atoms with E-state index >= 15 is 0 Å². The van der Waals surface area contributed by atoms with Crippen LogP contribution in [0.15, 0.2) is 18.2 Å². The third kappa shape index (κ3) is 2.02. The van der Waals surface area contributed by atoms with Crippen LogP contribution in [-0.2, 0) is 6.42 Å². The molecule has 0 aliphatic carbocycles. The number of nitrogens with one attached hydrogen (secondary N) is 1. The largest absolute Gasteiger partial charge is 0.314 e. The highest BCUT2D eigenvalue weighted by Crippen LogP contribution is 2.40. The fourth-order valence-electron chi connectivity index (χ4n) is 4.44. The van der Waals surface area contributed by atoms with Gasteiger partial charge in [0.1, 0.15) is 0 Å². The zero-order valence-corrected chi connectivity index (χ0v) is 11.9. The summed E-state index contributed by atoms with van der Waals surface area (Å²) in [6.45, 7) is 6.03. The molecule has 3 aliphatic rings. The second kappa shape index (κ2) is 4.60. The number of fused-ring (bicyclic) bond motifs is 4. The Balaban J connectivity index is 1.65. The van der Waals surface area contributed by atoms with E-state index in [9.17, 15) is 0 Å². The Labute approximate surface area is 116 Å². The minimum absolute atomic E-state index is 0.677. The van der Waals surface area contributed by atoms with Gasteiger partial charge in [0.05, 0.1) is 0 Å². The predicted molar refractivity (Wildman–Crippen MR) is 78.3 cm³/mol. The van der Waals surface area contributed by atoms with E-state index in [4.69, 9.17) is 0 Å². The number of hydrogen-bond acceptors (Lipinski definition) is 2. The summed E-state index contributed by atoms with van der Waals surface area (Å²) in [6.07, 6.45) is 5.37. The summed E-state index contributed by atoms with van der Waals surface area (Å²) in [7, 11) is 0. The molecule has 0 saturated carbocycles. The SMILES string of the molecule is Cc1ccc2c(c1)CCN1C[C@H]3CCCN[C@H]3C[C@@H]21. The minimum atomic E-state index is 0.677. The number of nitrogens with zero attached hydrogens (tertiary/aromatic N) is 1. The smallest absolute Gasteiger partial charge is 0.0366 e. The highest BCUT2D eigenvalue weighted by atomic mass is 15.2. The Morgan fingerprint density at radius 1 is 1.32 bits per heavy atom. The van der Waals surface area contributed by atoms with Gasteiger partial charge in [0.2, 0.25) is 0 Å². The van der Waals surface area contributed by atoms with Gasteiger partial charge in [-0.25, -0.2) is 0 Å². The third-order valence-corrected chi connectivity index (χ3v) is 5.44. The molecular formula is C17H24N2. The van der Waals surface area contributed by atoms with E-state index in [1.165, 1.54) is 50.9 Å². The summed E-state index contributed by atoms with van der Waals surface area (Å²) < 4.78 is 0. The molecule has 2 heteroatoms. The molecule has 0 bridgehead atoms. The molecule has 19 heavy (non-hydrogen) atoms. The predicted octanol–water partition coefficient (Wildman–Crippen LogP) is 2.67. The molecule has 2 saturated heterocycles. The fraction of sp³-hybridized carbons (Fsp3) is 0.647. The molecule has 4 rings (SSSR count). The van der Waals surface area contributed by atoms with Crippen molar-refractivity contribution in [3.8, 4) is 0 Å². The van der Waals surface area contributed by atoms with Gasteiger partial charge < -0.3 is 5.32 Å². The molecule has 3 heterocycles. The average molecular weight is 256 g/mol. The van der Waals surface area contributed by atoms with Gasteiger partial charge >= 0.3 is 0 Å². The lowest BCUT2D eigenvalue weighted by Gasteiger charge is -2.49. The van der Waals surface area contributed by atoms with Crippen molar-refractivity contribution in [2.75, 3.05) is 19.6 Å². The van der Waals surface area contributed by atoms with Crippen LogP contribution in [0.1, 0.15) is 42.0 Å². The lowest BCUT2D eigenvalue weighted by Crippen LogP contribution is -2.54. The van der Waals surface area contributed by atoms with Crippen LogP contribution in [0.3, 0.4) is 0 Å². The highest BCUT2D eigenvalue weighted by Gasteiger charge is 2.39. The van der Waals surface area contributed by atoms with Crippen LogP contribution in [0.25, 0.3) is 0 Å². The number of rotatable bonds is 0. The first-order chi connectivity index (χ1) is 9.31. The molecule has 0 aromatic heterocycles.